The highest BCUT2D eigenvalue weighted by Crippen LogP contribution is 2.33. The van der Waals surface area contributed by atoms with E-state index in [1.54, 1.807) is 0 Å². The fourth-order valence-electron chi connectivity index (χ4n) is 3.77. The zero-order valence-corrected chi connectivity index (χ0v) is 14.7. The van der Waals surface area contributed by atoms with E-state index in [-0.39, 0.29) is 30.4 Å². The summed E-state index contributed by atoms with van der Waals surface area (Å²) in [6, 6.07) is 6.53. The van der Waals surface area contributed by atoms with Gasteiger partial charge in [-0.05, 0) is 43.0 Å². The number of aryl methyl sites for hydroxylation is 1. The largest absolute Gasteiger partial charge is 0.352 e. The molecule has 4 atom stereocenters. The zero-order valence-electron chi connectivity index (χ0n) is 14.7. The molecule has 3 N–H and O–H groups in total. The molecule has 0 bridgehead atoms. The first-order valence-corrected chi connectivity index (χ1v) is 9.04. The van der Waals surface area contributed by atoms with E-state index >= 15 is 0 Å². The van der Waals surface area contributed by atoms with Crippen molar-refractivity contribution in [2.45, 2.75) is 50.7 Å². The molecule has 1 aromatic carbocycles. The quantitative estimate of drug-likeness (QED) is 0.753. The number of likely N-dealkylation sites (N-methyl/N-ethyl adjacent to an activating group) is 1. The molecule has 7 heteroatoms. The third-order valence-electron chi connectivity index (χ3n) is 5.21. The van der Waals surface area contributed by atoms with Crippen LogP contribution >= 0.6 is 0 Å². The third kappa shape index (κ3) is 3.43. The van der Waals surface area contributed by atoms with E-state index in [9.17, 15) is 4.79 Å². The summed E-state index contributed by atoms with van der Waals surface area (Å²) in [5.41, 5.74) is 6.74. The van der Waals surface area contributed by atoms with Crippen LogP contribution in [-0.4, -0.2) is 43.5 Å². The second-order valence-corrected chi connectivity index (χ2v) is 7.11. The highest BCUT2D eigenvalue weighted by atomic mass is 16.7. The van der Waals surface area contributed by atoms with Crippen molar-refractivity contribution < 1.29 is 14.4 Å². The SMILES string of the molecule is CCC1NC(c2ccc3c(c2)CC[C@H]3NC(=O)C2CN(C)CO2)NO1. The number of benzene rings is 1. The standard InChI is InChI=1S/C18H26N4O3/c1-3-16-20-17(21-25-16)12-4-6-13-11(8-12)5-7-14(13)19-18(23)15-9-22(2)10-24-15/h4,6,8,14-17,20-21H,3,5,7,9-10H2,1-2H3,(H,19,23)/t14-,15?,16?,17?/m1/s1. The number of hydrogen-bond donors (Lipinski definition) is 3. The second kappa shape index (κ2) is 7.01. The van der Waals surface area contributed by atoms with Crippen molar-refractivity contribution in [3.05, 3.63) is 34.9 Å². The second-order valence-electron chi connectivity index (χ2n) is 7.11. The van der Waals surface area contributed by atoms with Crippen molar-refractivity contribution in [3.8, 4) is 0 Å². The molecule has 1 amide bonds. The van der Waals surface area contributed by atoms with E-state index in [1.165, 1.54) is 16.7 Å². The van der Waals surface area contributed by atoms with Gasteiger partial charge in [0.2, 0.25) is 0 Å². The van der Waals surface area contributed by atoms with Gasteiger partial charge in [0.1, 0.15) is 12.4 Å². The van der Waals surface area contributed by atoms with Crippen molar-refractivity contribution >= 4 is 5.91 Å². The summed E-state index contributed by atoms with van der Waals surface area (Å²) in [7, 11) is 1.96. The van der Waals surface area contributed by atoms with Crippen LogP contribution in [0.1, 0.15) is 48.7 Å². The van der Waals surface area contributed by atoms with Crippen molar-refractivity contribution in [2.75, 3.05) is 20.3 Å². The number of amides is 1. The molecule has 136 valence electrons. The molecular formula is C18H26N4O3. The average molecular weight is 346 g/mol. The lowest BCUT2D eigenvalue weighted by Crippen LogP contribution is -2.38. The molecule has 2 aliphatic heterocycles. The number of carbonyl (C=O) groups is 1. The van der Waals surface area contributed by atoms with Gasteiger partial charge in [-0.1, -0.05) is 25.1 Å². The molecule has 25 heavy (non-hydrogen) atoms. The Morgan fingerprint density at radius 2 is 2.32 bits per heavy atom. The molecule has 3 aliphatic rings. The predicted octanol–water partition coefficient (Wildman–Crippen LogP) is 0.937. The number of hydrogen-bond acceptors (Lipinski definition) is 6. The molecule has 1 aromatic rings. The van der Waals surface area contributed by atoms with Crippen LogP contribution in [0.5, 0.6) is 0 Å². The monoisotopic (exact) mass is 346 g/mol. The lowest BCUT2D eigenvalue weighted by molar-refractivity contribution is -0.130. The van der Waals surface area contributed by atoms with Gasteiger partial charge in [0, 0.05) is 6.54 Å². The fraction of sp³-hybridized carbons (Fsp3) is 0.611. The number of ether oxygens (including phenoxy) is 1. The van der Waals surface area contributed by atoms with Crippen molar-refractivity contribution in [1.82, 2.24) is 21.0 Å². The van der Waals surface area contributed by atoms with E-state index < -0.39 is 0 Å². The molecular weight excluding hydrogens is 320 g/mol. The van der Waals surface area contributed by atoms with E-state index in [1.807, 2.05) is 11.9 Å². The van der Waals surface area contributed by atoms with Gasteiger partial charge < -0.3 is 10.1 Å². The predicted molar refractivity (Wildman–Crippen MR) is 92.2 cm³/mol. The van der Waals surface area contributed by atoms with Crippen molar-refractivity contribution in [2.24, 2.45) is 0 Å². The molecule has 2 heterocycles. The van der Waals surface area contributed by atoms with Crippen molar-refractivity contribution in [1.29, 1.82) is 0 Å². The highest BCUT2D eigenvalue weighted by molar-refractivity contribution is 5.81. The first-order chi connectivity index (χ1) is 12.1. The lowest BCUT2D eigenvalue weighted by Gasteiger charge is -2.18. The Kier molecular flexibility index (Phi) is 4.75. The highest BCUT2D eigenvalue weighted by Gasteiger charge is 2.32. The summed E-state index contributed by atoms with van der Waals surface area (Å²) < 4.78 is 5.52. The van der Waals surface area contributed by atoms with E-state index in [0.717, 1.165) is 19.3 Å². The van der Waals surface area contributed by atoms with Crippen LogP contribution in [0.25, 0.3) is 0 Å². The van der Waals surface area contributed by atoms with Gasteiger partial charge in [-0.2, -0.15) is 5.48 Å². The molecule has 1 aliphatic carbocycles. The number of rotatable bonds is 4. The van der Waals surface area contributed by atoms with Crippen LogP contribution in [0, 0.1) is 0 Å². The van der Waals surface area contributed by atoms with Crippen LogP contribution in [0.3, 0.4) is 0 Å². The Bertz CT molecular complexity index is 653. The molecule has 0 saturated carbocycles. The van der Waals surface area contributed by atoms with E-state index in [2.05, 4.69) is 41.2 Å². The zero-order chi connectivity index (χ0) is 17.4. The normalized spacial score (nSPS) is 32.1. The molecule has 2 fully saturated rings. The average Bonchev–Trinajstić information content (AvgIpc) is 3.34. The Balaban J connectivity index is 1.42. The Hall–Kier alpha value is -1.51. The summed E-state index contributed by atoms with van der Waals surface area (Å²) in [6.45, 7) is 3.26. The molecule has 0 aromatic heterocycles. The molecule has 0 radical (unpaired) electrons. The Morgan fingerprint density at radius 3 is 3.04 bits per heavy atom. The molecule has 4 rings (SSSR count). The molecule has 7 nitrogen and oxygen atoms in total. The maximum atomic E-state index is 12.4. The van der Waals surface area contributed by atoms with E-state index in [0.29, 0.717) is 13.3 Å². The smallest absolute Gasteiger partial charge is 0.251 e. The van der Waals surface area contributed by atoms with Gasteiger partial charge in [0.15, 0.2) is 6.10 Å². The maximum Gasteiger partial charge on any atom is 0.251 e. The summed E-state index contributed by atoms with van der Waals surface area (Å²) in [6.07, 6.45) is 2.54. The van der Waals surface area contributed by atoms with E-state index in [4.69, 9.17) is 9.57 Å². The minimum Gasteiger partial charge on any atom is -0.352 e. The summed E-state index contributed by atoms with van der Waals surface area (Å²) in [5, 5.41) is 6.56. The van der Waals surface area contributed by atoms with Gasteiger partial charge in [0.25, 0.3) is 5.91 Å². The van der Waals surface area contributed by atoms with Crippen LogP contribution in [0.15, 0.2) is 18.2 Å². The van der Waals surface area contributed by atoms with Crippen LogP contribution in [0.2, 0.25) is 0 Å². The summed E-state index contributed by atoms with van der Waals surface area (Å²) in [4.78, 5) is 19.9. The minimum absolute atomic E-state index is 0.00964. The van der Waals surface area contributed by atoms with Crippen LogP contribution in [-0.2, 0) is 20.8 Å². The van der Waals surface area contributed by atoms with Gasteiger partial charge in [-0.3, -0.25) is 19.8 Å². The first-order valence-electron chi connectivity index (χ1n) is 9.04. The molecule has 0 spiro atoms. The number of carbonyl (C=O) groups excluding carboxylic acids is 1. The number of fused-ring (bicyclic) bond motifs is 1. The van der Waals surface area contributed by atoms with Gasteiger partial charge in [-0.25, -0.2) is 0 Å². The van der Waals surface area contributed by atoms with Gasteiger partial charge in [-0.15, -0.1) is 0 Å². The fourth-order valence-corrected chi connectivity index (χ4v) is 3.77. The Morgan fingerprint density at radius 1 is 1.44 bits per heavy atom. The minimum atomic E-state index is -0.358. The number of hydroxylamine groups is 1. The summed E-state index contributed by atoms with van der Waals surface area (Å²) in [5.74, 6) is -0.00964. The number of nitrogens with zero attached hydrogens (tertiary/aromatic N) is 1. The number of nitrogens with one attached hydrogen (secondary N) is 3. The molecule has 2 saturated heterocycles. The first kappa shape index (κ1) is 16.9. The van der Waals surface area contributed by atoms with Crippen molar-refractivity contribution in [3.63, 3.8) is 0 Å². The van der Waals surface area contributed by atoms with Crippen LogP contribution in [0.4, 0.5) is 0 Å². The maximum absolute atomic E-state index is 12.4. The van der Waals surface area contributed by atoms with Gasteiger partial charge >= 0.3 is 0 Å². The third-order valence-corrected chi connectivity index (χ3v) is 5.21. The molecule has 3 unspecified atom stereocenters. The Labute approximate surface area is 148 Å². The topological polar surface area (TPSA) is 74.9 Å². The van der Waals surface area contributed by atoms with Gasteiger partial charge in [0.05, 0.1) is 12.8 Å². The van der Waals surface area contributed by atoms with Crippen LogP contribution < -0.4 is 16.1 Å². The lowest BCUT2D eigenvalue weighted by atomic mass is 10.0. The summed E-state index contributed by atoms with van der Waals surface area (Å²) >= 11 is 0.